The number of amides is 1. The average Bonchev–Trinajstić information content (AvgIpc) is 3.27. The van der Waals surface area contributed by atoms with Crippen molar-refractivity contribution in [1.82, 2.24) is 9.88 Å². The molecule has 0 N–H and O–H groups in total. The van der Waals surface area contributed by atoms with E-state index in [1.54, 1.807) is 29.3 Å². The van der Waals surface area contributed by atoms with Crippen LogP contribution in [0.15, 0.2) is 65.2 Å². The standard InChI is InChI=1S/C22H22N4O4/c27-22(11-10-21-23-16-20(30-21)17-6-2-1-3-7-17)25-14-12-24(13-15-25)18-8-4-5-9-19(18)26(28)29/h1-9,16H,10-15H2. The molecule has 2 heterocycles. The molecular weight excluding hydrogens is 384 g/mol. The van der Waals surface area contributed by atoms with Gasteiger partial charge in [0.05, 0.1) is 11.1 Å². The lowest BCUT2D eigenvalue weighted by atomic mass is 10.2. The number of rotatable bonds is 6. The highest BCUT2D eigenvalue weighted by molar-refractivity contribution is 5.77. The second-order valence-electron chi connectivity index (χ2n) is 7.10. The van der Waals surface area contributed by atoms with Crippen molar-refractivity contribution < 1.29 is 14.1 Å². The number of hydrogen-bond acceptors (Lipinski definition) is 6. The highest BCUT2D eigenvalue weighted by Crippen LogP contribution is 2.28. The SMILES string of the molecule is O=C(CCc1ncc(-c2ccccc2)o1)N1CCN(c2ccccc2[N+](=O)[O-])CC1. The van der Waals surface area contributed by atoms with Crippen molar-refractivity contribution >= 4 is 17.3 Å². The first-order valence-corrected chi connectivity index (χ1v) is 9.88. The molecule has 154 valence electrons. The number of aromatic nitrogens is 1. The van der Waals surface area contributed by atoms with Gasteiger partial charge in [0.15, 0.2) is 11.7 Å². The van der Waals surface area contributed by atoms with Gasteiger partial charge in [-0.25, -0.2) is 4.98 Å². The van der Waals surface area contributed by atoms with Crippen LogP contribution in [0.5, 0.6) is 0 Å². The highest BCUT2D eigenvalue weighted by Gasteiger charge is 2.25. The maximum absolute atomic E-state index is 12.6. The van der Waals surface area contributed by atoms with E-state index in [4.69, 9.17) is 4.42 Å². The molecule has 1 aromatic heterocycles. The lowest BCUT2D eigenvalue weighted by molar-refractivity contribution is -0.384. The largest absolute Gasteiger partial charge is 0.441 e. The average molecular weight is 406 g/mol. The number of carbonyl (C=O) groups is 1. The topological polar surface area (TPSA) is 92.7 Å². The van der Waals surface area contributed by atoms with Gasteiger partial charge in [-0.3, -0.25) is 14.9 Å². The fourth-order valence-electron chi connectivity index (χ4n) is 3.62. The summed E-state index contributed by atoms with van der Waals surface area (Å²) in [6, 6.07) is 16.4. The number of oxazole rings is 1. The second kappa shape index (κ2) is 8.77. The number of aryl methyl sites for hydroxylation is 1. The molecular formula is C22H22N4O4. The van der Waals surface area contributed by atoms with Crippen LogP contribution in [0.3, 0.4) is 0 Å². The molecule has 8 nitrogen and oxygen atoms in total. The van der Waals surface area contributed by atoms with Gasteiger partial charge in [0.25, 0.3) is 5.69 Å². The maximum atomic E-state index is 12.6. The molecule has 0 atom stereocenters. The predicted octanol–water partition coefficient (Wildman–Crippen LogP) is 3.53. The van der Waals surface area contributed by atoms with Crippen LogP contribution in [0.4, 0.5) is 11.4 Å². The zero-order chi connectivity index (χ0) is 20.9. The van der Waals surface area contributed by atoms with Crippen molar-refractivity contribution in [2.75, 3.05) is 31.1 Å². The Balaban J connectivity index is 1.30. The van der Waals surface area contributed by atoms with Gasteiger partial charge < -0.3 is 14.2 Å². The Morgan fingerprint density at radius 2 is 1.73 bits per heavy atom. The van der Waals surface area contributed by atoms with E-state index in [2.05, 4.69) is 4.98 Å². The summed E-state index contributed by atoms with van der Waals surface area (Å²) >= 11 is 0. The van der Waals surface area contributed by atoms with E-state index in [9.17, 15) is 14.9 Å². The summed E-state index contributed by atoms with van der Waals surface area (Å²) in [5, 5.41) is 11.2. The summed E-state index contributed by atoms with van der Waals surface area (Å²) in [6.07, 6.45) is 2.44. The van der Waals surface area contributed by atoms with Crippen LogP contribution in [0.1, 0.15) is 12.3 Å². The number of carbonyl (C=O) groups excluding carboxylic acids is 1. The first-order valence-electron chi connectivity index (χ1n) is 9.88. The van der Waals surface area contributed by atoms with E-state index >= 15 is 0 Å². The Hall–Kier alpha value is -3.68. The first-order chi connectivity index (χ1) is 14.6. The fraction of sp³-hybridized carbons (Fsp3) is 0.273. The zero-order valence-electron chi connectivity index (χ0n) is 16.4. The summed E-state index contributed by atoms with van der Waals surface area (Å²) in [4.78, 5) is 31.5. The Bertz CT molecular complexity index is 1030. The summed E-state index contributed by atoms with van der Waals surface area (Å²) < 4.78 is 5.76. The normalized spacial score (nSPS) is 14.0. The van der Waals surface area contributed by atoms with Gasteiger partial charge >= 0.3 is 0 Å². The van der Waals surface area contributed by atoms with Crippen molar-refractivity contribution in [3.8, 4) is 11.3 Å². The van der Waals surface area contributed by atoms with E-state index in [0.717, 1.165) is 5.56 Å². The monoisotopic (exact) mass is 406 g/mol. The van der Waals surface area contributed by atoms with Crippen LogP contribution in [-0.2, 0) is 11.2 Å². The van der Waals surface area contributed by atoms with E-state index in [-0.39, 0.29) is 16.5 Å². The highest BCUT2D eigenvalue weighted by atomic mass is 16.6. The van der Waals surface area contributed by atoms with Crippen LogP contribution in [-0.4, -0.2) is 46.9 Å². The minimum Gasteiger partial charge on any atom is -0.441 e. The molecule has 0 aliphatic carbocycles. The smallest absolute Gasteiger partial charge is 0.292 e. The Labute approximate surface area is 173 Å². The van der Waals surface area contributed by atoms with Crippen molar-refractivity contribution in [3.05, 3.63) is 76.8 Å². The maximum Gasteiger partial charge on any atom is 0.292 e. The van der Waals surface area contributed by atoms with Gasteiger partial charge in [0, 0.05) is 50.7 Å². The number of benzene rings is 2. The molecule has 0 radical (unpaired) electrons. The zero-order valence-corrected chi connectivity index (χ0v) is 16.4. The van der Waals surface area contributed by atoms with E-state index in [0.29, 0.717) is 56.4 Å². The molecule has 2 aromatic carbocycles. The minimum absolute atomic E-state index is 0.0386. The molecule has 0 unspecified atom stereocenters. The van der Waals surface area contributed by atoms with Crippen molar-refractivity contribution in [1.29, 1.82) is 0 Å². The Morgan fingerprint density at radius 1 is 1.03 bits per heavy atom. The molecule has 1 amide bonds. The van der Waals surface area contributed by atoms with Gasteiger partial charge in [0.2, 0.25) is 5.91 Å². The fourth-order valence-corrected chi connectivity index (χ4v) is 3.62. The third kappa shape index (κ3) is 4.32. The van der Waals surface area contributed by atoms with E-state index in [1.807, 2.05) is 35.2 Å². The molecule has 8 heteroatoms. The molecule has 1 saturated heterocycles. The molecule has 4 rings (SSSR count). The summed E-state index contributed by atoms with van der Waals surface area (Å²) in [6.45, 7) is 2.19. The Morgan fingerprint density at radius 3 is 2.47 bits per heavy atom. The van der Waals surface area contributed by atoms with Crippen LogP contribution >= 0.6 is 0 Å². The van der Waals surface area contributed by atoms with Gasteiger partial charge in [-0.15, -0.1) is 0 Å². The van der Waals surface area contributed by atoms with Gasteiger partial charge in [-0.2, -0.15) is 0 Å². The van der Waals surface area contributed by atoms with Crippen molar-refractivity contribution in [2.24, 2.45) is 0 Å². The Kier molecular flexibility index (Phi) is 5.74. The molecule has 1 aliphatic rings. The van der Waals surface area contributed by atoms with Gasteiger partial charge in [-0.05, 0) is 6.07 Å². The number of hydrogen-bond donors (Lipinski definition) is 0. The molecule has 1 aliphatic heterocycles. The number of anilines is 1. The molecule has 30 heavy (non-hydrogen) atoms. The lowest BCUT2D eigenvalue weighted by Gasteiger charge is -2.35. The summed E-state index contributed by atoms with van der Waals surface area (Å²) in [5.74, 6) is 1.27. The van der Waals surface area contributed by atoms with Crippen molar-refractivity contribution in [2.45, 2.75) is 12.8 Å². The minimum atomic E-state index is -0.368. The molecule has 0 saturated carbocycles. The molecule has 1 fully saturated rings. The third-order valence-corrected chi connectivity index (χ3v) is 5.22. The number of nitrogens with zero attached hydrogens (tertiary/aromatic N) is 4. The lowest BCUT2D eigenvalue weighted by Crippen LogP contribution is -2.49. The predicted molar refractivity (Wildman–Crippen MR) is 112 cm³/mol. The van der Waals surface area contributed by atoms with E-state index < -0.39 is 0 Å². The van der Waals surface area contributed by atoms with Crippen LogP contribution in [0.2, 0.25) is 0 Å². The molecule has 0 spiro atoms. The number of para-hydroxylation sites is 2. The molecule has 0 bridgehead atoms. The quantitative estimate of drug-likeness (QED) is 0.459. The summed E-state index contributed by atoms with van der Waals surface area (Å²) in [5.41, 5.74) is 1.65. The summed E-state index contributed by atoms with van der Waals surface area (Å²) in [7, 11) is 0. The number of nitro groups is 1. The van der Waals surface area contributed by atoms with Gasteiger partial charge in [-0.1, -0.05) is 42.5 Å². The van der Waals surface area contributed by atoms with Crippen molar-refractivity contribution in [3.63, 3.8) is 0 Å². The third-order valence-electron chi connectivity index (χ3n) is 5.22. The van der Waals surface area contributed by atoms with E-state index in [1.165, 1.54) is 6.07 Å². The van der Waals surface area contributed by atoms with Crippen LogP contribution in [0, 0.1) is 10.1 Å². The van der Waals surface area contributed by atoms with Gasteiger partial charge in [0.1, 0.15) is 5.69 Å². The molecule has 3 aromatic rings. The van der Waals surface area contributed by atoms with Crippen LogP contribution < -0.4 is 4.90 Å². The first kappa shape index (κ1) is 19.6. The second-order valence-corrected chi connectivity index (χ2v) is 7.10. The number of nitro benzene ring substituents is 1. The number of piperazine rings is 1. The van der Waals surface area contributed by atoms with Crippen LogP contribution in [0.25, 0.3) is 11.3 Å².